The molecular weight excluding hydrogens is 257 g/mol. The fraction of sp³-hybridized carbons (Fsp3) is 0.111. The zero-order valence-electron chi connectivity index (χ0n) is 7.70. The zero-order chi connectivity index (χ0) is 11.5. The van der Waals surface area contributed by atoms with Crippen molar-refractivity contribution in [3.63, 3.8) is 0 Å². The van der Waals surface area contributed by atoms with Crippen molar-refractivity contribution in [2.75, 3.05) is 6.54 Å². The summed E-state index contributed by atoms with van der Waals surface area (Å²) in [7, 11) is -3.61. The van der Waals surface area contributed by atoms with Gasteiger partial charge >= 0.3 is 0 Å². The molecule has 3 nitrogen and oxygen atoms in total. The number of rotatable bonds is 4. The molecule has 15 heavy (non-hydrogen) atoms. The first kappa shape index (κ1) is 12.5. The Labute approximate surface area is 98.8 Å². The molecule has 1 aromatic rings. The van der Waals surface area contributed by atoms with Gasteiger partial charge in [0.1, 0.15) is 4.90 Å². The molecule has 1 N–H and O–H groups in total. The SMILES string of the molecule is C=C(Cl)CNS(=O)(=O)c1ccccc1Cl. The van der Waals surface area contributed by atoms with E-state index in [1.807, 2.05) is 0 Å². The van der Waals surface area contributed by atoms with Gasteiger partial charge in [-0.3, -0.25) is 0 Å². The molecule has 0 amide bonds. The lowest BCUT2D eigenvalue weighted by Crippen LogP contribution is -2.25. The van der Waals surface area contributed by atoms with Gasteiger partial charge in [-0.1, -0.05) is 41.9 Å². The summed E-state index contributed by atoms with van der Waals surface area (Å²) in [6.45, 7) is 3.36. The fourth-order valence-corrected chi connectivity index (χ4v) is 2.60. The van der Waals surface area contributed by atoms with E-state index in [-0.39, 0.29) is 21.5 Å². The normalized spacial score (nSPS) is 11.3. The highest BCUT2D eigenvalue weighted by Gasteiger charge is 2.16. The second-order valence-corrected chi connectivity index (χ2v) is 5.45. The minimum atomic E-state index is -3.61. The van der Waals surface area contributed by atoms with E-state index in [1.54, 1.807) is 12.1 Å². The molecule has 0 bridgehead atoms. The summed E-state index contributed by atoms with van der Waals surface area (Å²) >= 11 is 11.2. The van der Waals surface area contributed by atoms with Gasteiger partial charge < -0.3 is 0 Å². The summed E-state index contributed by atoms with van der Waals surface area (Å²) in [6.07, 6.45) is 0. The molecule has 0 fully saturated rings. The minimum absolute atomic E-state index is 0.0187. The lowest BCUT2D eigenvalue weighted by Gasteiger charge is -2.06. The summed E-state index contributed by atoms with van der Waals surface area (Å²) in [5, 5.41) is 0.385. The quantitative estimate of drug-likeness (QED) is 0.909. The molecule has 0 spiro atoms. The second-order valence-electron chi connectivity index (χ2n) is 2.77. The molecule has 0 atom stereocenters. The van der Waals surface area contributed by atoms with Gasteiger partial charge in [0, 0.05) is 11.6 Å². The van der Waals surface area contributed by atoms with Crippen LogP contribution in [-0.4, -0.2) is 15.0 Å². The average Bonchev–Trinajstić information content (AvgIpc) is 2.15. The largest absolute Gasteiger partial charge is 0.242 e. The van der Waals surface area contributed by atoms with E-state index in [0.29, 0.717) is 0 Å². The van der Waals surface area contributed by atoms with E-state index in [0.717, 1.165) is 0 Å². The van der Waals surface area contributed by atoms with Gasteiger partial charge in [0.05, 0.1) is 5.02 Å². The molecular formula is C9H9Cl2NO2S. The van der Waals surface area contributed by atoms with Crippen LogP contribution in [0.25, 0.3) is 0 Å². The minimum Gasteiger partial charge on any atom is -0.207 e. The number of benzene rings is 1. The predicted molar refractivity (Wildman–Crippen MR) is 61.6 cm³/mol. The molecule has 82 valence electrons. The Morgan fingerprint density at radius 2 is 2.00 bits per heavy atom. The first-order chi connectivity index (χ1) is 6.93. The van der Waals surface area contributed by atoms with Crippen LogP contribution in [0.3, 0.4) is 0 Å². The van der Waals surface area contributed by atoms with Crippen LogP contribution >= 0.6 is 23.2 Å². The Bertz CT molecular complexity index is 471. The van der Waals surface area contributed by atoms with Crippen molar-refractivity contribution in [3.8, 4) is 0 Å². The molecule has 0 radical (unpaired) electrons. The molecule has 0 unspecified atom stereocenters. The Kier molecular flexibility index (Phi) is 4.16. The van der Waals surface area contributed by atoms with E-state index in [1.165, 1.54) is 12.1 Å². The molecule has 0 aliphatic carbocycles. The topological polar surface area (TPSA) is 46.2 Å². The van der Waals surface area contributed by atoms with Crippen LogP contribution in [0, 0.1) is 0 Å². The maximum Gasteiger partial charge on any atom is 0.242 e. The lowest BCUT2D eigenvalue weighted by molar-refractivity contribution is 0.585. The summed E-state index contributed by atoms with van der Waals surface area (Å²) < 4.78 is 25.6. The molecule has 0 aliphatic heterocycles. The Morgan fingerprint density at radius 3 is 2.53 bits per heavy atom. The van der Waals surface area contributed by atoms with Crippen LogP contribution < -0.4 is 4.72 Å². The molecule has 1 rings (SSSR count). The fourth-order valence-electron chi connectivity index (χ4n) is 0.914. The summed E-state index contributed by atoms with van der Waals surface area (Å²) in [5.41, 5.74) is 0. The standard InChI is InChI=1S/C9H9Cl2NO2S/c1-7(10)6-12-15(13,14)9-5-3-2-4-8(9)11/h2-5,12H,1,6H2. The van der Waals surface area contributed by atoms with Gasteiger partial charge in [0.25, 0.3) is 0 Å². The molecule has 6 heteroatoms. The first-order valence-corrected chi connectivity index (χ1v) is 6.25. The monoisotopic (exact) mass is 265 g/mol. The number of halogens is 2. The van der Waals surface area contributed by atoms with E-state index in [2.05, 4.69) is 11.3 Å². The number of sulfonamides is 1. The Hall–Kier alpha value is -0.550. The maximum atomic E-state index is 11.7. The van der Waals surface area contributed by atoms with Crippen LogP contribution in [0.4, 0.5) is 0 Å². The average molecular weight is 266 g/mol. The van der Waals surface area contributed by atoms with Gasteiger partial charge in [-0.15, -0.1) is 0 Å². The van der Waals surface area contributed by atoms with Crippen LogP contribution in [0.1, 0.15) is 0 Å². The highest BCUT2D eigenvalue weighted by Crippen LogP contribution is 2.20. The van der Waals surface area contributed by atoms with Gasteiger partial charge in [-0.25, -0.2) is 13.1 Å². The third-order valence-electron chi connectivity index (χ3n) is 1.58. The number of nitrogens with one attached hydrogen (secondary N) is 1. The zero-order valence-corrected chi connectivity index (χ0v) is 10.0. The third kappa shape index (κ3) is 3.50. The highest BCUT2D eigenvalue weighted by atomic mass is 35.5. The predicted octanol–water partition coefficient (Wildman–Crippen LogP) is 2.37. The molecule has 0 aliphatic rings. The van der Waals surface area contributed by atoms with Gasteiger partial charge in [-0.05, 0) is 12.1 Å². The highest BCUT2D eigenvalue weighted by molar-refractivity contribution is 7.89. The van der Waals surface area contributed by atoms with Crippen molar-refractivity contribution in [2.24, 2.45) is 0 Å². The summed E-state index contributed by atoms with van der Waals surface area (Å²) in [5.74, 6) is 0. The van der Waals surface area contributed by atoms with Gasteiger partial charge in [0.15, 0.2) is 0 Å². The van der Waals surface area contributed by atoms with Crippen LogP contribution in [-0.2, 0) is 10.0 Å². The molecule has 0 heterocycles. The summed E-state index contributed by atoms with van der Waals surface area (Å²) in [4.78, 5) is 0.0320. The van der Waals surface area contributed by atoms with Crippen molar-refractivity contribution in [1.82, 2.24) is 4.72 Å². The maximum absolute atomic E-state index is 11.7. The third-order valence-corrected chi connectivity index (χ3v) is 3.61. The van der Waals surface area contributed by atoms with Gasteiger partial charge in [-0.2, -0.15) is 0 Å². The number of hydrogen-bond acceptors (Lipinski definition) is 2. The Morgan fingerprint density at radius 1 is 1.40 bits per heavy atom. The van der Waals surface area contributed by atoms with E-state index < -0.39 is 10.0 Å². The lowest BCUT2D eigenvalue weighted by atomic mass is 10.4. The molecule has 0 saturated carbocycles. The van der Waals surface area contributed by atoms with Crippen molar-refractivity contribution < 1.29 is 8.42 Å². The van der Waals surface area contributed by atoms with Crippen LogP contribution in [0.15, 0.2) is 40.8 Å². The molecule has 0 saturated heterocycles. The van der Waals surface area contributed by atoms with E-state index in [4.69, 9.17) is 23.2 Å². The second kappa shape index (κ2) is 4.99. The van der Waals surface area contributed by atoms with Gasteiger partial charge in [0.2, 0.25) is 10.0 Å². The van der Waals surface area contributed by atoms with Crippen LogP contribution in [0.5, 0.6) is 0 Å². The first-order valence-electron chi connectivity index (χ1n) is 4.01. The van der Waals surface area contributed by atoms with Crippen molar-refractivity contribution in [3.05, 3.63) is 40.9 Å². The van der Waals surface area contributed by atoms with Crippen molar-refractivity contribution in [2.45, 2.75) is 4.90 Å². The number of hydrogen-bond donors (Lipinski definition) is 1. The van der Waals surface area contributed by atoms with Crippen molar-refractivity contribution >= 4 is 33.2 Å². The van der Waals surface area contributed by atoms with Crippen molar-refractivity contribution in [1.29, 1.82) is 0 Å². The van der Waals surface area contributed by atoms with E-state index >= 15 is 0 Å². The molecule has 1 aromatic carbocycles. The molecule has 0 aromatic heterocycles. The summed E-state index contributed by atoms with van der Waals surface area (Å²) in [6, 6.07) is 6.17. The Balaban J connectivity index is 2.97. The smallest absolute Gasteiger partial charge is 0.207 e. The van der Waals surface area contributed by atoms with Crippen LogP contribution in [0.2, 0.25) is 5.02 Å². The van der Waals surface area contributed by atoms with E-state index in [9.17, 15) is 8.42 Å².